The van der Waals surface area contributed by atoms with Crippen LogP contribution in [0, 0.1) is 6.92 Å². The van der Waals surface area contributed by atoms with Crippen LogP contribution in [0.5, 0.6) is 0 Å². The summed E-state index contributed by atoms with van der Waals surface area (Å²) in [5.74, 6) is -2.53. The minimum absolute atomic E-state index is 0.0738. The Morgan fingerprint density at radius 2 is 1.92 bits per heavy atom. The zero-order valence-electron chi connectivity index (χ0n) is 20.2. The zero-order valence-corrected chi connectivity index (χ0v) is 22.6. The molecule has 0 saturated carbocycles. The lowest BCUT2D eigenvalue weighted by Crippen LogP contribution is -2.25. The topological polar surface area (TPSA) is 133 Å². The minimum atomic E-state index is -4.78. The number of carbonyl (C=O) groups excluding carboxylic acids is 2. The Bertz CT molecular complexity index is 1600. The molecule has 0 radical (unpaired) electrons. The van der Waals surface area contributed by atoms with E-state index in [-0.39, 0.29) is 40.0 Å². The van der Waals surface area contributed by atoms with Gasteiger partial charge >= 0.3 is 6.18 Å². The molecule has 0 aliphatic heterocycles. The van der Waals surface area contributed by atoms with Gasteiger partial charge in [-0.3, -0.25) is 9.59 Å². The number of rotatable bonds is 7. The number of anilines is 1. The molecular weight excluding hydrogens is 607 g/mol. The average Bonchev–Trinajstić information content (AvgIpc) is 3.48. The van der Waals surface area contributed by atoms with Crippen molar-refractivity contribution in [2.75, 3.05) is 5.32 Å². The van der Waals surface area contributed by atoms with Gasteiger partial charge in [0.05, 0.1) is 22.0 Å². The molecule has 4 aromatic rings. The highest BCUT2D eigenvalue weighted by Crippen LogP contribution is 2.28. The molecule has 3 heterocycles. The summed E-state index contributed by atoms with van der Waals surface area (Å²) in [6, 6.07) is 7.67. The predicted molar refractivity (Wildman–Crippen MR) is 137 cm³/mol. The van der Waals surface area contributed by atoms with Crippen molar-refractivity contribution in [2.45, 2.75) is 26.6 Å². The van der Waals surface area contributed by atoms with Crippen molar-refractivity contribution in [2.24, 2.45) is 0 Å². The van der Waals surface area contributed by atoms with Crippen molar-refractivity contribution < 1.29 is 22.8 Å². The third-order valence-electron chi connectivity index (χ3n) is 5.05. The van der Waals surface area contributed by atoms with Crippen LogP contribution in [0.3, 0.4) is 0 Å². The lowest BCUT2D eigenvalue weighted by molar-refractivity contribution is -0.145. The molecule has 0 unspecified atom stereocenters. The standard InChI is InChI=1S/C23H18BrClF3N9O2/c1-11(2)30-20(38)15-8-13(24)7-12(3)18(15)31-21(39)17-9-14(10-36-34-22(32-35-36)23(26,27)28)33-37(17)19-16(25)5-4-6-29-19/h4-9H,1,10H2,2-3H3,(H,30,38)(H,31,39). The van der Waals surface area contributed by atoms with Crippen LogP contribution in [0.2, 0.25) is 5.02 Å². The van der Waals surface area contributed by atoms with E-state index in [9.17, 15) is 22.8 Å². The number of amides is 2. The number of aromatic nitrogens is 7. The number of benzene rings is 1. The number of carbonyl (C=O) groups is 2. The molecule has 1 aromatic carbocycles. The van der Waals surface area contributed by atoms with Gasteiger partial charge in [-0.25, -0.2) is 9.67 Å². The van der Waals surface area contributed by atoms with E-state index < -0.39 is 23.8 Å². The number of hydrogen-bond donors (Lipinski definition) is 2. The summed E-state index contributed by atoms with van der Waals surface area (Å²) in [6.45, 7) is 6.63. The summed E-state index contributed by atoms with van der Waals surface area (Å²) >= 11 is 9.64. The number of halogens is 5. The first-order valence-corrected chi connectivity index (χ1v) is 12.1. The Morgan fingerprint density at radius 3 is 2.56 bits per heavy atom. The van der Waals surface area contributed by atoms with E-state index in [1.54, 1.807) is 26.0 Å². The van der Waals surface area contributed by atoms with Crippen LogP contribution in [0.25, 0.3) is 5.82 Å². The van der Waals surface area contributed by atoms with Crippen molar-refractivity contribution >= 4 is 45.0 Å². The van der Waals surface area contributed by atoms with Gasteiger partial charge in [0, 0.05) is 16.4 Å². The minimum Gasteiger partial charge on any atom is -0.327 e. The van der Waals surface area contributed by atoms with Gasteiger partial charge in [-0.1, -0.05) is 34.1 Å². The number of nitrogens with one attached hydrogen (secondary N) is 2. The van der Waals surface area contributed by atoms with Gasteiger partial charge in [-0.2, -0.15) is 23.1 Å². The van der Waals surface area contributed by atoms with Gasteiger partial charge in [0.1, 0.15) is 12.2 Å². The Kier molecular flexibility index (Phi) is 7.83. The second-order valence-electron chi connectivity index (χ2n) is 8.22. The van der Waals surface area contributed by atoms with Crippen LogP contribution < -0.4 is 10.6 Å². The quantitative estimate of drug-likeness (QED) is 0.308. The van der Waals surface area contributed by atoms with E-state index in [2.05, 4.69) is 58.6 Å². The molecule has 0 aliphatic rings. The van der Waals surface area contributed by atoms with Gasteiger partial charge in [-0.05, 0) is 55.0 Å². The number of tetrazole rings is 1. The van der Waals surface area contributed by atoms with Crippen LogP contribution in [0.1, 0.15) is 44.9 Å². The molecular formula is C23H18BrClF3N9O2. The van der Waals surface area contributed by atoms with Crippen LogP contribution in [0.4, 0.5) is 18.9 Å². The average molecular weight is 625 g/mol. The van der Waals surface area contributed by atoms with Crippen molar-refractivity contribution in [3.05, 3.63) is 86.6 Å². The Hall–Kier alpha value is -4.11. The molecule has 0 atom stereocenters. The number of hydrogen-bond acceptors (Lipinski definition) is 7. The molecule has 11 nitrogen and oxygen atoms in total. The number of alkyl halides is 3. The maximum absolute atomic E-state index is 13.6. The molecule has 39 heavy (non-hydrogen) atoms. The van der Waals surface area contributed by atoms with Gasteiger partial charge in [0.2, 0.25) is 0 Å². The number of aryl methyl sites for hydroxylation is 1. The molecule has 0 saturated heterocycles. The molecule has 0 fully saturated rings. The molecule has 0 bridgehead atoms. The van der Waals surface area contributed by atoms with Crippen LogP contribution in [-0.2, 0) is 12.7 Å². The van der Waals surface area contributed by atoms with Gasteiger partial charge in [-0.15, -0.1) is 10.2 Å². The molecule has 2 amide bonds. The summed E-state index contributed by atoms with van der Waals surface area (Å²) in [7, 11) is 0. The van der Waals surface area contributed by atoms with Gasteiger partial charge in [0.25, 0.3) is 17.6 Å². The Balaban J connectivity index is 1.75. The van der Waals surface area contributed by atoms with E-state index in [1.165, 1.54) is 24.4 Å². The second kappa shape index (κ2) is 10.9. The van der Waals surface area contributed by atoms with Crippen LogP contribution >= 0.6 is 27.5 Å². The summed E-state index contributed by atoms with van der Waals surface area (Å²) in [5.41, 5.74) is 1.38. The van der Waals surface area contributed by atoms with E-state index >= 15 is 0 Å². The maximum atomic E-state index is 13.6. The predicted octanol–water partition coefficient (Wildman–Crippen LogP) is 4.56. The van der Waals surface area contributed by atoms with E-state index in [1.807, 2.05) is 0 Å². The third-order valence-corrected chi connectivity index (χ3v) is 5.81. The van der Waals surface area contributed by atoms with Gasteiger partial charge in [0.15, 0.2) is 5.82 Å². The normalized spacial score (nSPS) is 11.4. The third kappa shape index (κ3) is 6.31. The van der Waals surface area contributed by atoms with E-state index in [4.69, 9.17) is 11.6 Å². The zero-order chi connectivity index (χ0) is 28.5. The summed E-state index contributed by atoms with van der Waals surface area (Å²) in [5, 5.41) is 19.5. The monoisotopic (exact) mass is 623 g/mol. The summed E-state index contributed by atoms with van der Waals surface area (Å²) in [4.78, 5) is 31.2. The molecule has 0 aliphatic carbocycles. The SMILES string of the molecule is C=C(C)NC(=O)c1cc(Br)cc(C)c1NC(=O)c1cc(Cn2nnc(C(F)(F)F)n2)nn1-c1ncccc1Cl. The van der Waals surface area contributed by atoms with Crippen molar-refractivity contribution in [3.63, 3.8) is 0 Å². The summed E-state index contributed by atoms with van der Waals surface area (Å²) in [6.07, 6.45) is -3.35. The fourth-order valence-corrected chi connectivity index (χ4v) is 4.23. The first kappa shape index (κ1) is 27.9. The van der Waals surface area contributed by atoms with Crippen LogP contribution in [0.15, 0.2) is 53.3 Å². The molecule has 2 N–H and O–H groups in total. The highest BCUT2D eigenvalue weighted by Gasteiger charge is 2.37. The first-order valence-electron chi connectivity index (χ1n) is 11.0. The molecule has 202 valence electrons. The number of allylic oxidation sites excluding steroid dienone is 1. The van der Waals surface area contributed by atoms with Crippen molar-refractivity contribution in [1.82, 2.24) is 40.3 Å². The van der Waals surface area contributed by atoms with E-state index in [0.717, 1.165) is 4.68 Å². The fraction of sp³-hybridized carbons (Fsp3) is 0.174. The molecule has 16 heteroatoms. The lowest BCUT2D eigenvalue weighted by atomic mass is 10.1. The van der Waals surface area contributed by atoms with Crippen LogP contribution in [-0.4, -0.2) is 46.8 Å². The maximum Gasteiger partial charge on any atom is 0.455 e. The van der Waals surface area contributed by atoms with E-state index in [0.29, 0.717) is 20.5 Å². The highest BCUT2D eigenvalue weighted by molar-refractivity contribution is 9.10. The van der Waals surface area contributed by atoms with Crippen molar-refractivity contribution in [1.29, 1.82) is 0 Å². The second-order valence-corrected chi connectivity index (χ2v) is 9.54. The molecule has 4 rings (SSSR count). The summed E-state index contributed by atoms with van der Waals surface area (Å²) < 4.78 is 40.4. The fourth-order valence-electron chi connectivity index (χ4n) is 3.46. The molecule has 3 aromatic heterocycles. The number of nitrogens with zero attached hydrogens (tertiary/aromatic N) is 7. The Morgan fingerprint density at radius 1 is 1.18 bits per heavy atom. The highest BCUT2D eigenvalue weighted by atomic mass is 79.9. The largest absolute Gasteiger partial charge is 0.455 e. The Labute approximate surface area is 232 Å². The smallest absolute Gasteiger partial charge is 0.327 e. The number of pyridine rings is 1. The first-order chi connectivity index (χ1) is 18.3. The lowest BCUT2D eigenvalue weighted by Gasteiger charge is -2.15. The van der Waals surface area contributed by atoms with Crippen molar-refractivity contribution in [3.8, 4) is 5.82 Å². The molecule has 0 spiro atoms. The van der Waals surface area contributed by atoms with Gasteiger partial charge < -0.3 is 10.6 Å².